The molecule has 1 rings (SSSR count). The molecule has 0 saturated heterocycles. The van der Waals surface area contributed by atoms with Gasteiger partial charge in [0.1, 0.15) is 0 Å². The van der Waals surface area contributed by atoms with Crippen molar-refractivity contribution in [1.29, 1.82) is 0 Å². The molecule has 5 heteroatoms. The Balaban J connectivity index is 2.54. The smallest absolute Gasteiger partial charge is 0.164 e. The Morgan fingerprint density at radius 2 is 2.11 bits per heavy atom. The van der Waals surface area contributed by atoms with Gasteiger partial charge in [0, 0.05) is 32.4 Å². The van der Waals surface area contributed by atoms with Gasteiger partial charge in [0.15, 0.2) is 11.6 Å². The normalized spacial score (nSPS) is 13.0. The molecule has 18 heavy (non-hydrogen) atoms. The molecule has 0 aliphatic carbocycles. The molecule has 0 fully saturated rings. The quantitative estimate of drug-likeness (QED) is 0.760. The molecule has 0 heterocycles. The van der Waals surface area contributed by atoms with E-state index in [9.17, 15) is 13.9 Å². The Labute approximate surface area is 106 Å². The number of aliphatic hydroxyl groups is 1. The lowest BCUT2D eigenvalue weighted by molar-refractivity contribution is 0.114. The van der Waals surface area contributed by atoms with Gasteiger partial charge in [-0.3, -0.25) is 0 Å². The minimum atomic E-state index is -1.03. The average Bonchev–Trinajstić information content (AvgIpc) is 2.32. The molecule has 0 saturated carbocycles. The molecule has 0 spiro atoms. The minimum Gasteiger partial charge on any atom is -0.387 e. The van der Waals surface area contributed by atoms with Gasteiger partial charge in [-0.05, 0) is 19.5 Å². The van der Waals surface area contributed by atoms with E-state index in [-0.39, 0.29) is 12.1 Å². The first-order valence-electron chi connectivity index (χ1n) is 5.85. The van der Waals surface area contributed by atoms with Gasteiger partial charge in [0.25, 0.3) is 0 Å². The lowest BCUT2D eigenvalue weighted by atomic mass is 10.1. The van der Waals surface area contributed by atoms with E-state index >= 15 is 0 Å². The summed E-state index contributed by atoms with van der Waals surface area (Å²) in [6.45, 7) is 1.61. The van der Waals surface area contributed by atoms with Gasteiger partial charge in [-0.2, -0.15) is 0 Å². The molecule has 0 bridgehead atoms. The molecule has 1 aromatic rings. The van der Waals surface area contributed by atoms with Crippen LogP contribution in [0.25, 0.3) is 0 Å². The van der Waals surface area contributed by atoms with Crippen molar-refractivity contribution < 1.29 is 18.6 Å². The van der Waals surface area contributed by atoms with Crippen LogP contribution in [0.2, 0.25) is 0 Å². The predicted molar refractivity (Wildman–Crippen MR) is 65.3 cm³/mol. The maximum Gasteiger partial charge on any atom is 0.164 e. The standard InChI is InChI=1S/C13H19F2NO2/c1-16(7-4-8-18-2)9-12(17)10-5-3-6-11(14)13(10)15/h3,5-6,12,17H,4,7-9H2,1-2H3. The van der Waals surface area contributed by atoms with E-state index in [0.717, 1.165) is 19.0 Å². The molecule has 0 amide bonds. The fraction of sp³-hybridized carbons (Fsp3) is 0.538. The van der Waals surface area contributed by atoms with E-state index in [1.165, 1.54) is 12.1 Å². The van der Waals surface area contributed by atoms with E-state index in [2.05, 4.69) is 0 Å². The first-order valence-corrected chi connectivity index (χ1v) is 5.85. The highest BCUT2D eigenvalue weighted by Gasteiger charge is 2.17. The van der Waals surface area contributed by atoms with Crippen LogP contribution in [0.5, 0.6) is 0 Å². The zero-order valence-electron chi connectivity index (χ0n) is 10.7. The molecule has 3 nitrogen and oxygen atoms in total. The molecule has 1 atom stereocenters. The second-order valence-corrected chi connectivity index (χ2v) is 4.27. The number of likely N-dealkylation sites (N-methyl/N-ethyl adjacent to an activating group) is 1. The van der Waals surface area contributed by atoms with E-state index in [4.69, 9.17) is 4.74 Å². The van der Waals surface area contributed by atoms with Crippen LogP contribution in [0.3, 0.4) is 0 Å². The van der Waals surface area contributed by atoms with Crippen LogP contribution in [-0.2, 0) is 4.74 Å². The largest absolute Gasteiger partial charge is 0.387 e. The fourth-order valence-electron chi connectivity index (χ4n) is 1.74. The van der Waals surface area contributed by atoms with Crippen LogP contribution in [0, 0.1) is 11.6 Å². The third-order valence-corrected chi connectivity index (χ3v) is 2.71. The Morgan fingerprint density at radius 3 is 2.78 bits per heavy atom. The Hall–Kier alpha value is -1.04. The number of aliphatic hydroxyl groups excluding tert-OH is 1. The molecular formula is C13H19F2NO2. The van der Waals surface area contributed by atoms with Crippen molar-refractivity contribution in [2.24, 2.45) is 0 Å². The number of hydrogen-bond acceptors (Lipinski definition) is 3. The molecule has 0 aliphatic rings. The number of methoxy groups -OCH3 is 1. The lowest BCUT2D eigenvalue weighted by Crippen LogP contribution is -2.26. The van der Waals surface area contributed by atoms with Gasteiger partial charge < -0.3 is 14.7 Å². The van der Waals surface area contributed by atoms with Gasteiger partial charge in [-0.25, -0.2) is 8.78 Å². The van der Waals surface area contributed by atoms with Gasteiger partial charge >= 0.3 is 0 Å². The number of nitrogens with zero attached hydrogens (tertiary/aromatic N) is 1. The van der Waals surface area contributed by atoms with E-state index < -0.39 is 17.7 Å². The molecule has 1 unspecified atom stereocenters. The Bertz CT molecular complexity index is 374. The van der Waals surface area contributed by atoms with Crippen molar-refractivity contribution in [1.82, 2.24) is 4.90 Å². The van der Waals surface area contributed by atoms with E-state index in [1.807, 2.05) is 11.9 Å². The molecule has 0 aromatic heterocycles. The number of ether oxygens (including phenoxy) is 1. The van der Waals surface area contributed by atoms with Crippen molar-refractivity contribution in [3.05, 3.63) is 35.4 Å². The van der Waals surface area contributed by atoms with E-state index in [1.54, 1.807) is 7.11 Å². The van der Waals surface area contributed by atoms with Crippen LogP contribution < -0.4 is 0 Å². The van der Waals surface area contributed by atoms with Crippen molar-refractivity contribution >= 4 is 0 Å². The molecule has 102 valence electrons. The topological polar surface area (TPSA) is 32.7 Å². The summed E-state index contributed by atoms with van der Waals surface area (Å²) in [7, 11) is 3.44. The number of rotatable bonds is 7. The SMILES string of the molecule is COCCCN(C)CC(O)c1cccc(F)c1F. The Kier molecular flexibility index (Phi) is 6.18. The molecular weight excluding hydrogens is 240 g/mol. The third-order valence-electron chi connectivity index (χ3n) is 2.71. The summed E-state index contributed by atoms with van der Waals surface area (Å²) in [5.74, 6) is -1.91. The van der Waals surface area contributed by atoms with Crippen molar-refractivity contribution in [2.45, 2.75) is 12.5 Å². The van der Waals surface area contributed by atoms with Crippen LogP contribution >= 0.6 is 0 Å². The zero-order valence-corrected chi connectivity index (χ0v) is 10.7. The summed E-state index contributed by atoms with van der Waals surface area (Å²) in [5, 5.41) is 9.87. The summed E-state index contributed by atoms with van der Waals surface area (Å²) in [5.41, 5.74) is -0.00593. The maximum atomic E-state index is 13.4. The number of halogens is 2. The molecule has 0 radical (unpaired) electrons. The second kappa shape index (κ2) is 7.41. The monoisotopic (exact) mass is 259 g/mol. The number of benzene rings is 1. The number of hydrogen-bond donors (Lipinski definition) is 1. The van der Waals surface area contributed by atoms with E-state index in [0.29, 0.717) is 6.61 Å². The summed E-state index contributed by atoms with van der Waals surface area (Å²) >= 11 is 0. The van der Waals surface area contributed by atoms with Gasteiger partial charge in [-0.1, -0.05) is 12.1 Å². The Morgan fingerprint density at radius 1 is 1.39 bits per heavy atom. The van der Waals surface area contributed by atoms with Crippen molar-refractivity contribution in [3.63, 3.8) is 0 Å². The van der Waals surface area contributed by atoms with Crippen molar-refractivity contribution in [3.8, 4) is 0 Å². The van der Waals surface area contributed by atoms with Crippen LogP contribution in [0.15, 0.2) is 18.2 Å². The van der Waals surface area contributed by atoms with Crippen molar-refractivity contribution in [2.75, 3.05) is 33.9 Å². The molecule has 0 aliphatic heterocycles. The predicted octanol–water partition coefficient (Wildman–Crippen LogP) is 1.97. The highest BCUT2D eigenvalue weighted by molar-refractivity contribution is 5.21. The highest BCUT2D eigenvalue weighted by Crippen LogP contribution is 2.19. The summed E-state index contributed by atoms with van der Waals surface area (Å²) in [6.07, 6.45) is -0.209. The summed E-state index contributed by atoms with van der Waals surface area (Å²) < 4.78 is 31.4. The first-order chi connectivity index (χ1) is 8.56. The van der Waals surface area contributed by atoms with Crippen LogP contribution in [-0.4, -0.2) is 43.9 Å². The van der Waals surface area contributed by atoms with Crippen LogP contribution in [0.1, 0.15) is 18.1 Å². The highest BCUT2D eigenvalue weighted by atomic mass is 19.2. The summed E-state index contributed by atoms with van der Waals surface area (Å²) in [6, 6.07) is 3.82. The fourth-order valence-corrected chi connectivity index (χ4v) is 1.74. The zero-order chi connectivity index (χ0) is 13.5. The average molecular weight is 259 g/mol. The second-order valence-electron chi connectivity index (χ2n) is 4.27. The molecule has 1 aromatic carbocycles. The lowest BCUT2D eigenvalue weighted by Gasteiger charge is -2.21. The van der Waals surface area contributed by atoms with Crippen LogP contribution in [0.4, 0.5) is 8.78 Å². The maximum absolute atomic E-state index is 13.4. The molecule has 1 N–H and O–H groups in total. The van der Waals surface area contributed by atoms with Gasteiger partial charge in [-0.15, -0.1) is 0 Å². The first kappa shape index (κ1) is 15.0. The van der Waals surface area contributed by atoms with Gasteiger partial charge in [0.2, 0.25) is 0 Å². The minimum absolute atomic E-state index is 0.00593. The summed E-state index contributed by atoms with van der Waals surface area (Å²) in [4.78, 5) is 1.86. The van der Waals surface area contributed by atoms with Gasteiger partial charge in [0.05, 0.1) is 6.10 Å². The third kappa shape index (κ3) is 4.33.